The smallest absolute Gasteiger partial charge is 0.276 e. The van der Waals surface area contributed by atoms with E-state index in [1.165, 1.54) is 0 Å². The molecular weight excluding hydrogens is 342 g/mol. The van der Waals surface area contributed by atoms with Gasteiger partial charge < -0.3 is 15.4 Å². The molecule has 2 N–H and O–H groups in total. The van der Waals surface area contributed by atoms with E-state index in [0.717, 1.165) is 5.69 Å². The minimum absolute atomic E-state index is 0.183. The number of nitriles is 1. The molecule has 0 fully saturated rings. The summed E-state index contributed by atoms with van der Waals surface area (Å²) in [6.07, 6.45) is 0. The number of amides is 1. The number of benzene rings is 2. The summed E-state index contributed by atoms with van der Waals surface area (Å²) in [6.45, 7) is 2.47. The zero-order chi connectivity index (χ0) is 19.1. The van der Waals surface area contributed by atoms with E-state index in [2.05, 4.69) is 20.8 Å². The molecule has 2 aromatic carbocycles. The lowest BCUT2D eigenvalue weighted by molar-refractivity contribution is 0.102. The molecule has 0 aliphatic heterocycles. The summed E-state index contributed by atoms with van der Waals surface area (Å²) in [5.74, 6) is 0.829. The molecule has 0 bridgehead atoms. The summed E-state index contributed by atoms with van der Waals surface area (Å²) in [5, 5.41) is 22.6. The van der Waals surface area contributed by atoms with Gasteiger partial charge in [0.2, 0.25) is 0 Å². The van der Waals surface area contributed by atoms with Crippen molar-refractivity contribution >= 4 is 23.1 Å². The zero-order valence-corrected chi connectivity index (χ0v) is 14.6. The van der Waals surface area contributed by atoms with Gasteiger partial charge in [-0.1, -0.05) is 12.1 Å². The summed E-state index contributed by atoms with van der Waals surface area (Å²) < 4.78 is 5.56. The lowest BCUT2D eigenvalue weighted by atomic mass is 10.2. The number of hydrogen-bond acceptors (Lipinski definition) is 6. The van der Waals surface area contributed by atoms with Crippen molar-refractivity contribution in [2.24, 2.45) is 0 Å². The number of anilines is 3. The standard InChI is InChI=1S/C20H17N5O2/c1-2-27-18-6-4-3-5-16(18)23-19-12-11-17(24-25-19)20(26)22-15-9-7-14(13-21)8-10-15/h3-12H,2H2,1H3,(H,22,26)(H,23,25). The molecule has 0 unspecified atom stereocenters. The van der Waals surface area contributed by atoms with Crippen molar-refractivity contribution in [3.63, 3.8) is 0 Å². The van der Waals surface area contributed by atoms with E-state index < -0.39 is 0 Å². The predicted molar refractivity (Wildman–Crippen MR) is 102 cm³/mol. The van der Waals surface area contributed by atoms with E-state index in [1.807, 2.05) is 37.3 Å². The highest BCUT2D eigenvalue weighted by molar-refractivity contribution is 6.02. The van der Waals surface area contributed by atoms with Gasteiger partial charge in [-0.05, 0) is 55.5 Å². The number of rotatable bonds is 6. The van der Waals surface area contributed by atoms with E-state index in [-0.39, 0.29) is 11.6 Å². The van der Waals surface area contributed by atoms with Gasteiger partial charge in [-0.2, -0.15) is 5.26 Å². The Hall–Kier alpha value is -3.92. The zero-order valence-electron chi connectivity index (χ0n) is 14.6. The third-order valence-electron chi connectivity index (χ3n) is 3.62. The number of carbonyl (C=O) groups excluding carboxylic acids is 1. The minimum atomic E-state index is -0.381. The first-order chi connectivity index (χ1) is 13.2. The maximum Gasteiger partial charge on any atom is 0.276 e. The lowest BCUT2D eigenvalue weighted by Gasteiger charge is -2.11. The van der Waals surface area contributed by atoms with Crippen LogP contribution in [0.4, 0.5) is 17.2 Å². The van der Waals surface area contributed by atoms with Gasteiger partial charge in [0.05, 0.1) is 23.9 Å². The van der Waals surface area contributed by atoms with E-state index in [1.54, 1.807) is 36.4 Å². The molecule has 7 nitrogen and oxygen atoms in total. The monoisotopic (exact) mass is 359 g/mol. The van der Waals surface area contributed by atoms with Crippen LogP contribution in [0.2, 0.25) is 0 Å². The number of nitrogens with zero attached hydrogens (tertiary/aromatic N) is 3. The molecule has 1 heterocycles. The van der Waals surface area contributed by atoms with Crippen LogP contribution >= 0.6 is 0 Å². The third-order valence-corrected chi connectivity index (χ3v) is 3.62. The van der Waals surface area contributed by atoms with Gasteiger partial charge >= 0.3 is 0 Å². The molecule has 0 saturated heterocycles. The topological polar surface area (TPSA) is 99.9 Å². The first kappa shape index (κ1) is 17.9. The van der Waals surface area contributed by atoms with Crippen LogP contribution in [-0.4, -0.2) is 22.7 Å². The molecule has 0 atom stereocenters. The van der Waals surface area contributed by atoms with Crippen LogP contribution in [0.25, 0.3) is 0 Å². The number of ether oxygens (including phenoxy) is 1. The van der Waals surface area contributed by atoms with Crippen molar-refractivity contribution in [1.29, 1.82) is 5.26 Å². The second-order valence-corrected chi connectivity index (χ2v) is 5.50. The summed E-state index contributed by atoms with van der Waals surface area (Å²) >= 11 is 0. The summed E-state index contributed by atoms with van der Waals surface area (Å²) in [6, 6.07) is 19.4. The lowest BCUT2D eigenvalue weighted by Crippen LogP contribution is -2.14. The normalized spacial score (nSPS) is 9.93. The molecule has 1 aromatic heterocycles. The van der Waals surface area contributed by atoms with E-state index in [9.17, 15) is 4.79 Å². The van der Waals surface area contributed by atoms with Crippen molar-refractivity contribution in [3.8, 4) is 11.8 Å². The molecule has 0 spiro atoms. The average molecular weight is 359 g/mol. The summed E-state index contributed by atoms with van der Waals surface area (Å²) in [5.41, 5.74) is 2.05. The van der Waals surface area contributed by atoms with Gasteiger partial charge in [0.25, 0.3) is 5.91 Å². The quantitative estimate of drug-likeness (QED) is 0.695. The van der Waals surface area contributed by atoms with Gasteiger partial charge in [0, 0.05) is 5.69 Å². The second kappa shape index (κ2) is 8.45. The van der Waals surface area contributed by atoms with Crippen molar-refractivity contribution in [2.75, 3.05) is 17.2 Å². The van der Waals surface area contributed by atoms with Crippen LogP contribution in [0.3, 0.4) is 0 Å². The van der Waals surface area contributed by atoms with Crippen molar-refractivity contribution in [2.45, 2.75) is 6.92 Å². The highest BCUT2D eigenvalue weighted by Crippen LogP contribution is 2.26. The van der Waals surface area contributed by atoms with Gasteiger partial charge in [0.15, 0.2) is 11.5 Å². The highest BCUT2D eigenvalue weighted by Gasteiger charge is 2.10. The fourth-order valence-corrected chi connectivity index (χ4v) is 2.33. The Labute approximate surface area is 156 Å². The molecule has 0 aliphatic carbocycles. The first-order valence-electron chi connectivity index (χ1n) is 8.33. The van der Waals surface area contributed by atoms with Crippen LogP contribution in [0.15, 0.2) is 60.7 Å². The van der Waals surface area contributed by atoms with Gasteiger partial charge in [-0.3, -0.25) is 4.79 Å². The van der Waals surface area contributed by atoms with Crippen LogP contribution in [0.1, 0.15) is 23.0 Å². The maximum absolute atomic E-state index is 12.3. The van der Waals surface area contributed by atoms with Crippen molar-refractivity contribution in [1.82, 2.24) is 10.2 Å². The first-order valence-corrected chi connectivity index (χ1v) is 8.33. The van der Waals surface area contributed by atoms with E-state index >= 15 is 0 Å². The molecule has 134 valence electrons. The molecule has 0 aliphatic rings. The molecule has 0 radical (unpaired) electrons. The van der Waals surface area contributed by atoms with Gasteiger partial charge in [-0.15, -0.1) is 10.2 Å². The van der Waals surface area contributed by atoms with Crippen LogP contribution in [0.5, 0.6) is 5.75 Å². The van der Waals surface area contributed by atoms with E-state index in [0.29, 0.717) is 29.4 Å². The summed E-state index contributed by atoms with van der Waals surface area (Å²) in [7, 11) is 0. The minimum Gasteiger partial charge on any atom is -0.492 e. The fraction of sp³-hybridized carbons (Fsp3) is 0.100. The third kappa shape index (κ3) is 4.58. The SMILES string of the molecule is CCOc1ccccc1Nc1ccc(C(=O)Nc2ccc(C#N)cc2)nn1. The summed E-state index contributed by atoms with van der Waals surface area (Å²) in [4.78, 5) is 12.3. The Kier molecular flexibility index (Phi) is 5.60. The molecule has 0 saturated carbocycles. The molecule has 7 heteroatoms. The maximum atomic E-state index is 12.3. The molecule has 27 heavy (non-hydrogen) atoms. The highest BCUT2D eigenvalue weighted by atomic mass is 16.5. The Bertz CT molecular complexity index is 963. The Morgan fingerprint density at radius 3 is 2.52 bits per heavy atom. The molecular formula is C20H17N5O2. The fourth-order valence-electron chi connectivity index (χ4n) is 2.33. The second-order valence-electron chi connectivity index (χ2n) is 5.50. The molecule has 3 aromatic rings. The predicted octanol–water partition coefficient (Wildman–Crippen LogP) is 3.74. The van der Waals surface area contributed by atoms with Crippen molar-refractivity contribution < 1.29 is 9.53 Å². The van der Waals surface area contributed by atoms with Gasteiger partial charge in [0.1, 0.15) is 5.75 Å². The van der Waals surface area contributed by atoms with Crippen molar-refractivity contribution in [3.05, 3.63) is 71.9 Å². The Morgan fingerprint density at radius 2 is 1.85 bits per heavy atom. The van der Waals surface area contributed by atoms with Crippen LogP contribution in [-0.2, 0) is 0 Å². The van der Waals surface area contributed by atoms with E-state index in [4.69, 9.17) is 10.00 Å². The molecule has 1 amide bonds. The van der Waals surface area contributed by atoms with Gasteiger partial charge in [-0.25, -0.2) is 0 Å². The number of para-hydroxylation sites is 2. The number of carbonyl (C=O) groups is 1. The largest absolute Gasteiger partial charge is 0.492 e. The Morgan fingerprint density at radius 1 is 1.07 bits per heavy atom. The number of aromatic nitrogens is 2. The number of hydrogen-bond donors (Lipinski definition) is 2. The Balaban J connectivity index is 1.68. The van der Waals surface area contributed by atoms with Crippen LogP contribution in [0, 0.1) is 11.3 Å². The number of nitrogens with one attached hydrogen (secondary N) is 2. The van der Waals surface area contributed by atoms with Crippen LogP contribution < -0.4 is 15.4 Å². The average Bonchev–Trinajstić information content (AvgIpc) is 2.71. The molecule has 3 rings (SSSR count).